The third kappa shape index (κ3) is 2.86. The molecule has 2 aromatic rings. The zero-order chi connectivity index (χ0) is 14.0. The fourth-order valence-electron chi connectivity index (χ4n) is 1.38. The quantitative estimate of drug-likeness (QED) is 0.812. The van der Waals surface area contributed by atoms with Gasteiger partial charge in [0, 0.05) is 0 Å². The number of carbonyl (C=O) groups excluding carboxylic acids is 1. The SMILES string of the molecule is O=C(O)c1cc(Cl)c(NC(=O)c2cnc[nH]2)c(Cl)c1. The molecule has 0 aliphatic carbocycles. The number of hydrogen-bond acceptors (Lipinski definition) is 3. The molecule has 1 amide bonds. The third-order valence-corrected chi connectivity index (χ3v) is 2.87. The highest BCUT2D eigenvalue weighted by Gasteiger charge is 2.15. The molecule has 0 saturated heterocycles. The summed E-state index contributed by atoms with van der Waals surface area (Å²) in [6, 6.07) is 2.41. The molecule has 1 heterocycles. The second kappa shape index (κ2) is 5.29. The Morgan fingerprint density at radius 2 is 1.89 bits per heavy atom. The highest BCUT2D eigenvalue weighted by Crippen LogP contribution is 2.32. The molecule has 0 radical (unpaired) electrons. The molecule has 6 nitrogen and oxygen atoms in total. The molecule has 0 fully saturated rings. The van der Waals surface area contributed by atoms with Crippen molar-refractivity contribution in [3.05, 3.63) is 46.0 Å². The Morgan fingerprint density at radius 1 is 1.26 bits per heavy atom. The van der Waals surface area contributed by atoms with Gasteiger partial charge < -0.3 is 15.4 Å². The average molecular weight is 300 g/mol. The van der Waals surface area contributed by atoms with Gasteiger partial charge in [0.2, 0.25) is 0 Å². The molecule has 8 heteroatoms. The van der Waals surface area contributed by atoms with E-state index in [0.717, 1.165) is 0 Å². The highest BCUT2D eigenvalue weighted by atomic mass is 35.5. The van der Waals surface area contributed by atoms with Crippen LogP contribution >= 0.6 is 23.2 Å². The van der Waals surface area contributed by atoms with E-state index in [9.17, 15) is 9.59 Å². The van der Waals surface area contributed by atoms with Gasteiger partial charge in [-0.05, 0) is 12.1 Å². The summed E-state index contributed by atoms with van der Waals surface area (Å²) >= 11 is 11.8. The van der Waals surface area contributed by atoms with Crippen molar-refractivity contribution in [1.29, 1.82) is 0 Å². The van der Waals surface area contributed by atoms with Crippen LogP contribution in [0.2, 0.25) is 10.0 Å². The van der Waals surface area contributed by atoms with Crippen molar-refractivity contribution in [3.8, 4) is 0 Å². The maximum atomic E-state index is 11.8. The van der Waals surface area contributed by atoms with Gasteiger partial charge in [0.1, 0.15) is 5.69 Å². The van der Waals surface area contributed by atoms with Gasteiger partial charge in [-0.15, -0.1) is 0 Å². The number of H-pyrrole nitrogens is 1. The highest BCUT2D eigenvalue weighted by molar-refractivity contribution is 6.40. The summed E-state index contributed by atoms with van der Waals surface area (Å²) in [4.78, 5) is 28.9. The topological polar surface area (TPSA) is 95.1 Å². The van der Waals surface area contributed by atoms with Crippen LogP contribution in [0.1, 0.15) is 20.8 Å². The van der Waals surface area contributed by atoms with Gasteiger partial charge in [-0.25, -0.2) is 9.78 Å². The first-order valence-corrected chi connectivity index (χ1v) is 5.76. The van der Waals surface area contributed by atoms with Crippen molar-refractivity contribution in [2.45, 2.75) is 0 Å². The fourth-order valence-corrected chi connectivity index (χ4v) is 1.96. The zero-order valence-electron chi connectivity index (χ0n) is 9.28. The largest absolute Gasteiger partial charge is 0.478 e. The number of benzene rings is 1. The number of halogens is 2. The van der Waals surface area contributed by atoms with Gasteiger partial charge in [-0.2, -0.15) is 0 Å². The first kappa shape index (κ1) is 13.4. The number of nitrogens with one attached hydrogen (secondary N) is 2. The van der Waals surface area contributed by atoms with E-state index < -0.39 is 11.9 Å². The summed E-state index contributed by atoms with van der Waals surface area (Å²) in [7, 11) is 0. The van der Waals surface area contributed by atoms with Crippen molar-refractivity contribution in [2.24, 2.45) is 0 Å². The first-order valence-electron chi connectivity index (χ1n) is 5.01. The molecule has 0 atom stereocenters. The van der Waals surface area contributed by atoms with Gasteiger partial charge in [-0.1, -0.05) is 23.2 Å². The number of nitrogens with zero attached hydrogens (tertiary/aromatic N) is 1. The first-order chi connectivity index (χ1) is 8.99. The predicted molar refractivity (Wildman–Crippen MR) is 70.0 cm³/mol. The van der Waals surface area contributed by atoms with E-state index in [1.165, 1.54) is 24.7 Å². The third-order valence-electron chi connectivity index (χ3n) is 2.27. The maximum Gasteiger partial charge on any atom is 0.335 e. The molecule has 2 rings (SSSR count). The minimum absolute atomic E-state index is 0.0396. The average Bonchev–Trinajstić information content (AvgIpc) is 2.86. The van der Waals surface area contributed by atoms with Crippen LogP contribution in [0.25, 0.3) is 0 Å². The molecule has 3 N–H and O–H groups in total. The molecule has 19 heavy (non-hydrogen) atoms. The molecular weight excluding hydrogens is 293 g/mol. The number of aromatic amines is 1. The summed E-state index contributed by atoms with van der Waals surface area (Å²) in [5, 5.41) is 11.4. The maximum absolute atomic E-state index is 11.8. The van der Waals surface area contributed by atoms with Crippen LogP contribution in [-0.2, 0) is 0 Å². The number of aromatic nitrogens is 2. The van der Waals surface area contributed by atoms with Crippen LogP contribution in [0, 0.1) is 0 Å². The molecule has 98 valence electrons. The van der Waals surface area contributed by atoms with Crippen LogP contribution in [0.15, 0.2) is 24.7 Å². The Labute approximate surface area is 117 Å². The molecule has 0 unspecified atom stereocenters. The van der Waals surface area contributed by atoms with Crippen LogP contribution in [-0.4, -0.2) is 27.0 Å². The van der Waals surface area contributed by atoms with Crippen LogP contribution in [0.3, 0.4) is 0 Å². The summed E-state index contributed by atoms with van der Waals surface area (Å²) in [6.45, 7) is 0. The molecule has 0 aliphatic heterocycles. The number of hydrogen-bond donors (Lipinski definition) is 3. The van der Waals surface area contributed by atoms with Crippen molar-refractivity contribution >= 4 is 40.8 Å². The Balaban J connectivity index is 2.31. The van der Waals surface area contributed by atoms with E-state index in [1.54, 1.807) is 0 Å². The van der Waals surface area contributed by atoms with Crippen LogP contribution < -0.4 is 5.32 Å². The Kier molecular flexibility index (Phi) is 3.73. The molecular formula is C11H7Cl2N3O3. The standard InChI is InChI=1S/C11H7Cl2N3O3/c12-6-1-5(11(18)19)2-7(13)9(6)16-10(17)8-3-14-4-15-8/h1-4H,(H,14,15)(H,16,17)(H,18,19). The lowest BCUT2D eigenvalue weighted by Crippen LogP contribution is -2.13. The van der Waals surface area contributed by atoms with E-state index in [1.807, 2.05) is 0 Å². The number of carbonyl (C=O) groups is 2. The van der Waals surface area contributed by atoms with Crippen molar-refractivity contribution < 1.29 is 14.7 Å². The molecule has 0 spiro atoms. The van der Waals surface area contributed by atoms with Crippen molar-refractivity contribution in [2.75, 3.05) is 5.32 Å². The van der Waals surface area contributed by atoms with Crippen molar-refractivity contribution in [1.82, 2.24) is 9.97 Å². The Morgan fingerprint density at radius 3 is 2.37 bits per heavy atom. The molecule has 0 bridgehead atoms. The molecule has 0 saturated carbocycles. The molecule has 1 aromatic heterocycles. The number of anilines is 1. The monoisotopic (exact) mass is 299 g/mol. The normalized spacial score (nSPS) is 10.2. The van der Waals surface area contributed by atoms with Gasteiger partial charge in [0.05, 0.1) is 33.8 Å². The lowest BCUT2D eigenvalue weighted by atomic mass is 10.2. The minimum Gasteiger partial charge on any atom is -0.478 e. The summed E-state index contributed by atoms with van der Waals surface area (Å²) < 4.78 is 0. The Bertz CT molecular complexity index is 618. The van der Waals surface area contributed by atoms with Gasteiger partial charge in [0.15, 0.2) is 0 Å². The second-order valence-electron chi connectivity index (χ2n) is 3.54. The van der Waals surface area contributed by atoms with E-state index >= 15 is 0 Å². The number of imidazole rings is 1. The van der Waals surface area contributed by atoms with Crippen LogP contribution in [0.5, 0.6) is 0 Å². The fraction of sp³-hybridized carbons (Fsp3) is 0. The van der Waals surface area contributed by atoms with E-state index in [0.29, 0.717) is 0 Å². The second-order valence-corrected chi connectivity index (χ2v) is 4.35. The van der Waals surface area contributed by atoms with E-state index in [2.05, 4.69) is 15.3 Å². The number of carboxylic acid groups (broad SMARTS) is 1. The predicted octanol–water partition coefficient (Wildman–Crippen LogP) is 2.67. The van der Waals surface area contributed by atoms with Crippen molar-refractivity contribution in [3.63, 3.8) is 0 Å². The van der Waals surface area contributed by atoms with E-state index in [-0.39, 0.29) is 27.0 Å². The smallest absolute Gasteiger partial charge is 0.335 e. The van der Waals surface area contributed by atoms with Crippen LogP contribution in [0.4, 0.5) is 5.69 Å². The lowest BCUT2D eigenvalue weighted by Gasteiger charge is -2.09. The van der Waals surface area contributed by atoms with Gasteiger partial charge in [-0.3, -0.25) is 4.79 Å². The molecule has 0 aliphatic rings. The van der Waals surface area contributed by atoms with Gasteiger partial charge >= 0.3 is 5.97 Å². The lowest BCUT2D eigenvalue weighted by molar-refractivity contribution is 0.0696. The number of rotatable bonds is 3. The minimum atomic E-state index is -1.16. The molecule has 1 aromatic carbocycles. The summed E-state index contributed by atoms with van der Waals surface area (Å²) in [5.41, 5.74) is 0.317. The number of aromatic carboxylic acids is 1. The number of carboxylic acids is 1. The van der Waals surface area contributed by atoms with Gasteiger partial charge in [0.25, 0.3) is 5.91 Å². The zero-order valence-corrected chi connectivity index (χ0v) is 10.8. The summed E-state index contributed by atoms with van der Waals surface area (Å²) in [6.07, 6.45) is 2.69. The van der Waals surface area contributed by atoms with E-state index in [4.69, 9.17) is 28.3 Å². The Hall–Kier alpha value is -2.05. The number of amides is 1. The summed E-state index contributed by atoms with van der Waals surface area (Å²) in [5.74, 6) is -1.64.